The van der Waals surface area contributed by atoms with Gasteiger partial charge in [0.1, 0.15) is 0 Å². The molecule has 0 spiro atoms. The molecule has 1 aliphatic rings. The van der Waals surface area contributed by atoms with Crippen LogP contribution in [0.15, 0.2) is 180 Å². The van der Waals surface area contributed by atoms with Crippen molar-refractivity contribution in [2.75, 3.05) is 4.90 Å². The lowest BCUT2D eigenvalue weighted by molar-refractivity contribution is 1.08. The topological polar surface area (TPSA) is 8.17 Å². The van der Waals surface area contributed by atoms with E-state index in [0.717, 1.165) is 17.1 Å². The second-order valence-corrected chi connectivity index (χ2v) is 12.4. The van der Waals surface area contributed by atoms with Crippen molar-refractivity contribution >= 4 is 50.6 Å². The number of hydrogen-bond donors (Lipinski definition) is 0. The molecule has 0 saturated heterocycles. The van der Waals surface area contributed by atoms with Gasteiger partial charge in [-0.3, -0.25) is 0 Å². The van der Waals surface area contributed by atoms with Gasteiger partial charge in [-0.15, -0.1) is 0 Å². The molecule has 0 atom stereocenters. The van der Waals surface area contributed by atoms with Gasteiger partial charge in [-0.05, 0) is 70.8 Å². The van der Waals surface area contributed by atoms with Gasteiger partial charge < -0.3 is 9.47 Å². The van der Waals surface area contributed by atoms with E-state index in [-0.39, 0.29) is 0 Å². The second kappa shape index (κ2) is 10.6. The summed E-state index contributed by atoms with van der Waals surface area (Å²) in [6.07, 6.45) is 0. The highest BCUT2D eigenvalue weighted by Gasteiger charge is 2.27. The first-order valence-corrected chi connectivity index (χ1v) is 16.1. The summed E-state index contributed by atoms with van der Waals surface area (Å²) in [5.74, 6) is 0. The molecular formula is C42H28N2S. The molecule has 1 aliphatic heterocycles. The number of hydrogen-bond acceptors (Lipinski definition) is 2. The molecular weight excluding hydrogens is 565 g/mol. The minimum Gasteiger partial charge on any atom is -0.309 e. The van der Waals surface area contributed by atoms with Crippen LogP contribution < -0.4 is 4.90 Å². The standard InChI is InChI=1S/C42H28N2S/c1-3-11-29(12-4-1)31-21-25-33(26-22-31)43(34-27-23-32(24-28-34)30-13-5-2-6-14-30)38-18-10-19-39-42(38)45-40-20-9-16-36-35-15-7-8-17-37(35)44(39)41(36)40/h1-28H. The molecule has 2 heterocycles. The lowest BCUT2D eigenvalue weighted by Gasteiger charge is -2.30. The lowest BCUT2D eigenvalue weighted by Crippen LogP contribution is -2.13. The van der Waals surface area contributed by atoms with E-state index in [4.69, 9.17) is 0 Å². The lowest BCUT2D eigenvalue weighted by atomic mass is 10.0. The van der Waals surface area contributed by atoms with Crippen molar-refractivity contribution in [3.8, 4) is 27.9 Å². The summed E-state index contributed by atoms with van der Waals surface area (Å²) in [6.45, 7) is 0. The first-order valence-electron chi connectivity index (χ1n) is 15.3. The Labute approximate surface area is 266 Å². The third kappa shape index (κ3) is 4.28. The summed E-state index contributed by atoms with van der Waals surface area (Å²) < 4.78 is 2.46. The van der Waals surface area contributed by atoms with Crippen LogP contribution in [0.5, 0.6) is 0 Å². The van der Waals surface area contributed by atoms with Gasteiger partial charge in [0.25, 0.3) is 0 Å². The van der Waals surface area contributed by atoms with Crippen LogP contribution in [0.4, 0.5) is 17.1 Å². The predicted molar refractivity (Wildman–Crippen MR) is 190 cm³/mol. The molecule has 0 N–H and O–H groups in total. The summed E-state index contributed by atoms with van der Waals surface area (Å²) in [4.78, 5) is 4.94. The Bertz CT molecular complexity index is 2240. The van der Waals surface area contributed by atoms with Crippen molar-refractivity contribution in [2.45, 2.75) is 9.79 Å². The molecule has 212 valence electrons. The van der Waals surface area contributed by atoms with Crippen molar-refractivity contribution in [3.05, 3.63) is 170 Å². The van der Waals surface area contributed by atoms with E-state index in [1.165, 1.54) is 59.5 Å². The van der Waals surface area contributed by atoms with Crippen LogP contribution in [0.3, 0.4) is 0 Å². The fourth-order valence-electron chi connectivity index (χ4n) is 6.69. The average Bonchev–Trinajstić information content (AvgIpc) is 3.46. The number of nitrogens with zero attached hydrogens (tertiary/aromatic N) is 2. The van der Waals surface area contributed by atoms with Gasteiger partial charge >= 0.3 is 0 Å². The quantitative estimate of drug-likeness (QED) is 0.196. The van der Waals surface area contributed by atoms with E-state index in [2.05, 4.69) is 179 Å². The van der Waals surface area contributed by atoms with Crippen LogP contribution in [0.25, 0.3) is 49.7 Å². The number of benzene rings is 7. The fraction of sp³-hybridized carbons (Fsp3) is 0. The Hall–Kier alpha value is -5.51. The second-order valence-electron chi connectivity index (χ2n) is 11.4. The third-order valence-electron chi connectivity index (χ3n) is 8.79. The van der Waals surface area contributed by atoms with E-state index in [1.54, 1.807) is 0 Å². The van der Waals surface area contributed by atoms with Gasteiger partial charge in [-0.25, -0.2) is 0 Å². The van der Waals surface area contributed by atoms with Crippen LogP contribution in [0.1, 0.15) is 0 Å². The van der Waals surface area contributed by atoms with Gasteiger partial charge in [0.2, 0.25) is 0 Å². The number of aromatic nitrogens is 1. The molecule has 0 radical (unpaired) electrons. The number of anilines is 3. The summed E-state index contributed by atoms with van der Waals surface area (Å²) in [5.41, 5.74) is 12.0. The number of rotatable bonds is 5. The Morgan fingerprint density at radius 1 is 0.422 bits per heavy atom. The molecule has 2 nitrogen and oxygen atoms in total. The first kappa shape index (κ1) is 25.9. The number of fused-ring (bicyclic) bond motifs is 5. The molecule has 3 heteroatoms. The Kier molecular flexibility index (Phi) is 6.10. The Balaban J connectivity index is 1.24. The molecule has 1 aromatic heterocycles. The highest BCUT2D eigenvalue weighted by molar-refractivity contribution is 8.00. The highest BCUT2D eigenvalue weighted by atomic mass is 32.2. The van der Waals surface area contributed by atoms with Crippen molar-refractivity contribution in [1.82, 2.24) is 4.57 Å². The zero-order valence-electron chi connectivity index (χ0n) is 24.5. The molecule has 0 saturated carbocycles. The summed E-state index contributed by atoms with van der Waals surface area (Å²) in [7, 11) is 0. The van der Waals surface area contributed by atoms with Gasteiger partial charge in [-0.1, -0.05) is 133 Å². The van der Waals surface area contributed by atoms with E-state index in [0.29, 0.717) is 0 Å². The maximum absolute atomic E-state index is 2.46. The third-order valence-corrected chi connectivity index (χ3v) is 9.96. The molecule has 0 unspecified atom stereocenters. The molecule has 45 heavy (non-hydrogen) atoms. The summed E-state index contributed by atoms with van der Waals surface area (Å²) in [5, 5.41) is 2.59. The number of para-hydroxylation sites is 2. The average molecular weight is 593 g/mol. The maximum atomic E-state index is 2.46. The van der Waals surface area contributed by atoms with Crippen molar-refractivity contribution in [1.29, 1.82) is 0 Å². The van der Waals surface area contributed by atoms with Crippen LogP contribution in [-0.4, -0.2) is 4.57 Å². The van der Waals surface area contributed by atoms with Crippen LogP contribution in [-0.2, 0) is 0 Å². The van der Waals surface area contributed by atoms with Crippen LogP contribution in [0, 0.1) is 0 Å². The zero-order chi connectivity index (χ0) is 29.7. The van der Waals surface area contributed by atoms with Gasteiger partial charge in [0.15, 0.2) is 0 Å². The van der Waals surface area contributed by atoms with Gasteiger partial charge in [0, 0.05) is 27.0 Å². The molecule has 0 fully saturated rings. The molecule has 0 bridgehead atoms. The molecule has 7 aromatic carbocycles. The van der Waals surface area contributed by atoms with E-state index in [9.17, 15) is 0 Å². The van der Waals surface area contributed by atoms with E-state index in [1.807, 2.05) is 11.8 Å². The molecule has 8 aromatic rings. The molecule has 9 rings (SSSR count). The summed E-state index contributed by atoms with van der Waals surface area (Å²) in [6, 6.07) is 61.3. The Morgan fingerprint density at radius 3 is 1.60 bits per heavy atom. The predicted octanol–water partition coefficient (Wildman–Crippen LogP) is 12.1. The van der Waals surface area contributed by atoms with E-state index < -0.39 is 0 Å². The van der Waals surface area contributed by atoms with E-state index >= 15 is 0 Å². The summed E-state index contributed by atoms with van der Waals surface area (Å²) >= 11 is 1.87. The molecule has 0 amide bonds. The Morgan fingerprint density at radius 2 is 0.956 bits per heavy atom. The van der Waals surface area contributed by atoms with Crippen molar-refractivity contribution in [2.24, 2.45) is 0 Å². The van der Waals surface area contributed by atoms with Crippen LogP contribution >= 0.6 is 11.8 Å². The first-order chi connectivity index (χ1) is 22.3. The van der Waals surface area contributed by atoms with Crippen LogP contribution in [0.2, 0.25) is 0 Å². The minimum absolute atomic E-state index is 1.12. The normalized spacial score (nSPS) is 11.9. The van der Waals surface area contributed by atoms with Crippen molar-refractivity contribution in [3.63, 3.8) is 0 Å². The zero-order valence-corrected chi connectivity index (χ0v) is 25.3. The largest absolute Gasteiger partial charge is 0.309 e. The van der Waals surface area contributed by atoms with Gasteiger partial charge in [-0.2, -0.15) is 0 Å². The van der Waals surface area contributed by atoms with Gasteiger partial charge in [0.05, 0.1) is 27.3 Å². The fourth-order valence-corrected chi connectivity index (χ4v) is 7.89. The van der Waals surface area contributed by atoms with Crippen molar-refractivity contribution < 1.29 is 0 Å². The SMILES string of the molecule is c1ccc(-c2ccc(N(c3ccc(-c4ccccc4)cc3)c3cccc4c3Sc3cccc5c6ccccc6n-4c35)cc2)cc1. The highest BCUT2D eigenvalue weighted by Crippen LogP contribution is 2.52. The molecule has 0 aliphatic carbocycles. The smallest absolute Gasteiger partial charge is 0.0681 e. The maximum Gasteiger partial charge on any atom is 0.0681 e. The minimum atomic E-state index is 1.12. The monoisotopic (exact) mass is 592 g/mol.